The van der Waals surface area contributed by atoms with Gasteiger partial charge in [-0.2, -0.15) is 0 Å². The van der Waals surface area contributed by atoms with Crippen molar-refractivity contribution in [3.8, 4) is 0 Å². The number of hydrogen-bond acceptors (Lipinski definition) is 3. The zero-order chi connectivity index (χ0) is 9.97. The van der Waals surface area contributed by atoms with Crippen LogP contribution in [0, 0.1) is 5.92 Å². The third-order valence-corrected chi connectivity index (χ3v) is 3.11. The molecule has 1 saturated carbocycles. The van der Waals surface area contributed by atoms with E-state index >= 15 is 0 Å². The number of rotatable bonds is 3. The van der Waals surface area contributed by atoms with Gasteiger partial charge in [0.05, 0.1) is 5.69 Å². The summed E-state index contributed by atoms with van der Waals surface area (Å²) in [6.07, 6.45) is 7.94. The molecule has 3 unspecified atom stereocenters. The molecule has 3 nitrogen and oxygen atoms in total. The fourth-order valence-corrected chi connectivity index (χ4v) is 1.85. The SMILES string of the molecule is CC(NC1CCC1C)c1cnccn1. The number of hydrogen-bond donors (Lipinski definition) is 1. The Labute approximate surface area is 85.0 Å². The lowest BCUT2D eigenvalue weighted by molar-refractivity contribution is 0.212. The van der Waals surface area contributed by atoms with Gasteiger partial charge in [-0.3, -0.25) is 9.97 Å². The van der Waals surface area contributed by atoms with Gasteiger partial charge in [0, 0.05) is 30.7 Å². The van der Waals surface area contributed by atoms with Crippen molar-refractivity contribution in [1.29, 1.82) is 0 Å². The predicted molar refractivity (Wildman–Crippen MR) is 55.8 cm³/mol. The quantitative estimate of drug-likeness (QED) is 0.793. The Balaban J connectivity index is 1.92. The van der Waals surface area contributed by atoms with Crippen molar-refractivity contribution in [2.24, 2.45) is 5.92 Å². The van der Waals surface area contributed by atoms with Gasteiger partial charge < -0.3 is 5.32 Å². The molecule has 1 aliphatic rings. The van der Waals surface area contributed by atoms with E-state index in [4.69, 9.17) is 0 Å². The van der Waals surface area contributed by atoms with Crippen LogP contribution < -0.4 is 5.32 Å². The summed E-state index contributed by atoms with van der Waals surface area (Å²) in [6, 6.07) is 0.989. The lowest BCUT2D eigenvalue weighted by Crippen LogP contribution is -2.43. The summed E-state index contributed by atoms with van der Waals surface area (Å²) in [5.41, 5.74) is 1.03. The minimum Gasteiger partial charge on any atom is -0.306 e. The normalized spacial score (nSPS) is 28.1. The van der Waals surface area contributed by atoms with Gasteiger partial charge in [-0.05, 0) is 25.7 Å². The largest absolute Gasteiger partial charge is 0.306 e. The fourth-order valence-electron chi connectivity index (χ4n) is 1.85. The van der Waals surface area contributed by atoms with Crippen molar-refractivity contribution in [2.45, 2.75) is 38.8 Å². The van der Waals surface area contributed by atoms with Gasteiger partial charge in [0.25, 0.3) is 0 Å². The molecule has 0 amide bonds. The molecule has 0 aliphatic heterocycles. The molecule has 1 aromatic heterocycles. The summed E-state index contributed by atoms with van der Waals surface area (Å²) >= 11 is 0. The van der Waals surface area contributed by atoms with Crippen molar-refractivity contribution < 1.29 is 0 Å². The summed E-state index contributed by atoms with van der Waals surface area (Å²) in [4.78, 5) is 8.36. The second-order valence-electron chi connectivity index (χ2n) is 4.18. The Hall–Kier alpha value is -0.960. The van der Waals surface area contributed by atoms with Crippen LogP contribution in [0.4, 0.5) is 0 Å². The maximum atomic E-state index is 4.29. The zero-order valence-corrected chi connectivity index (χ0v) is 8.77. The maximum Gasteiger partial charge on any atom is 0.0753 e. The summed E-state index contributed by atoms with van der Waals surface area (Å²) in [5.74, 6) is 0.814. The molecule has 0 radical (unpaired) electrons. The lowest BCUT2D eigenvalue weighted by atomic mass is 9.81. The van der Waals surface area contributed by atoms with Gasteiger partial charge in [-0.15, -0.1) is 0 Å². The van der Waals surface area contributed by atoms with E-state index < -0.39 is 0 Å². The number of nitrogens with one attached hydrogen (secondary N) is 1. The fraction of sp³-hybridized carbons (Fsp3) is 0.636. The van der Waals surface area contributed by atoms with Gasteiger partial charge in [0.2, 0.25) is 0 Å². The molecule has 3 heteroatoms. The Kier molecular flexibility index (Phi) is 2.77. The molecule has 1 N–H and O–H groups in total. The van der Waals surface area contributed by atoms with Crippen molar-refractivity contribution in [3.05, 3.63) is 24.3 Å². The summed E-state index contributed by atoms with van der Waals surface area (Å²) < 4.78 is 0. The molecule has 14 heavy (non-hydrogen) atoms. The Morgan fingerprint density at radius 2 is 2.29 bits per heavy atom. The first-order valence-electron chi connectivity index (χ1n) is 5.29. The highest BCUT2D eigenvalue weighted by Crippen LogP contribution is 2.28. The van der Waals surface area contributed by atoms with Crippen LogP contribution in [-0.2, 0) is 0 Å². The number of aromatic nitrogens is 2. The molecule has 2 rings (SSSR count). The Morgan fingerprint density at radius 1 is 1.43 bits per heavy atom. The third kappa shape index (κ3) is 1.93. The molecule has 1 aliphatic carbocycles. The summed E-state index contributed by atoms with van der Waals surface area (Å²) in [7, 11) is 0. The molecule has 0 bridgehead atoms. The predicted octanol–water partition coefficient (Wildman–Crippen LogP) is 1.93. The molecule has 1 heterocycles. The number of nitrogens with zero attached hydrogens (tertiary/aromatic N) is 2. The summed E-state index contributed by atoms with van der Waals surface area (Å²) in [5, 5.41) is 3.58. The van der Waals surface area contributed by atoms with E-state index in [0.717, 1.165) is 11.6 Å². The second kappa shape index (κ2) is 4.05. The standard InChI is InChI=1S/C11H17N3/c1-8-3-4-10(8)14-9(2)11-7-12-5-6-13-11/h5-10,14H,3-4H2,1-2H3. The van der Waals surface area contributed by atoms with E-state index in [0.29, 0.717) is 12.1 Å². The lowest BCUT2D eigenvalue weighted by Gasteiger charge is -2.36. The zero-order valence-electron chi connectivity index (χ0n) is 8.77. The molecule has 0 saturated heterocycles. The third-order valence-electron chi connectivity index (χ3n) is 3.11. The van der Waals surface area contributed by atoms with Crippen molar-refractivity contribution in [3.63, 3.8) is 0 Å². The average molecular weight is 191 g/mol. The first-order valence-corrected chi connectivity index (χ1v) is 5.29. The Bertz CT molecular complexity index is 286. The molecular weight excluding hydrogens is 174 g/mol. The van der Waals surface area contributed by atoms with Gasteiger partial charge in [-0.1, -0.05) is 6.92 Å². The van der Waals surface area contributed by atoms with Crippen LogP contribution in [0.15, 0.2) is 18.6 Å². The van der Waals surface area contributed by atoms with Gasteiger partial charge >= 0.3 is 0 Å². The summed E-state index contributed by atoms with van der Waals surface area (Å²) in [6.45, 7) is 4.44. The van der Waals surface area contributed by atoms with E-state index in [9.17, 15) is 0 Å². The van der Waals surface area contributed by atoms with E-state index in [2.05, 4.69) is 29.1 Å². The van der Waals surface area contributed by atoms with Gasteiger partial charge in [0.15, 0.2) is 0 Å². The van der Waals surface area contributed by atoms with Crippen LogP contribution in [0.5, 0.6) is 0 Å². The van der Waals surface area contributed by atoms with Crippen LogP contribution in [0.2, 0.25) is 0 Å². The van der Waals surface area contributed by atoms with E-state index in [-0.39, 0.29) is 0 Å². The highest BCUT2D eigenvalue weighted by molar-refractivity contribution is 5.02. The van der Waals surface area contributed by atoms with Crippen molar-refractivity contribution in [1.82, 2.24) is 15.3 Å². The van der Waals surface area contributed by atoms with Gasteiger partial charge in [-0.25, -0.2) is 0 Å². The van der Waals surface area contributed by atoms with E-state index in [1.807, 2.05) is 6.20 Å². The molecular formula is C11H17N3. The second-order valence-corrected chi connectivity index (χ2v) is 4.18. The van der Waals surface area contributed by atoms with Crippen LogP contribution >= 0.6 is 0 Å². The molecule has 0 spiro atoms. The topological polar surface area (TPSA) is 37.8 Å². The smallest absolute Gasteiger partial charge is 0.0753 e. The first-order chi connectivity index (χ1) is 6.77. The van der Waals surface area contributed by atoms with Crippen molar-refractivity contribution in [2.75, 3.05) is 0 Å². The van der Waals surface area contributed by atoms with E-state index in [1.54, 1.807) is 12.4 Å². The molecule has 3 atom stereocenters. The maximum absolute atomic E-state index is 4.29. The van der Waals surface area contributed by atoms with Crippen molar-refractivity contribution >= 4 is 0 Å². The monoisotopic (exact) mass is 191 g/mol. The molecule has 76 valence electrons. The van der Waals surface area contributed by atoms with Gasteiger partial charge in [0.1, 0.15) is 0 Å². The van der Waals surface area contributed by atoms with Crippen LogP contribution in [0.25, 0.3) is 0 Å². The minimum absolute atomic E-state index is 0.316. The molecule has 1 fully saturated rings. The highest BCUT2D eigenvalue weighted by Gasteiger charge is 2.27. The molecule has 1 aromatic rings. The Morgan fingerprint density at radius 3 is 2.79 bits per heavy atom. The first kappa shape index (κ1) is 9.59. The van der Waals surface area contributed by atoms with E-state index in [1.165, 1.54) is 12.8 Å². The minimum atomic E-state index is 0.316. The van der Waals surface area contributed by atoms with Crippen LogP contribution in [0.3, 0.4) is 0 Å². The van der Waals surface area contributed by atoms with Crippen LogP contribution in [0.1, 0.15) is 38.4 Å². The van der Waals surface area contributed by atoms with Crippen LogP contribution in [-0.4, -0.2) is 16.0 Å². The molecule has 0 aromatic carbocycles. The highest BCUT2D eigenvalue weighted by atomic mass is 15.0. The average Bonchev–Trinajstić information content (AvgIpc) is 2.24.